The Morgan fingerprint density at radius 1 is 1.38 bits per heavy atom. The van der Waals surface area contributed by atoms with E-state index in [1.807, 2.05) is 6.08 Å². The highest BCUT2D eigenvalue weighted by Gasteiger charge is 1.79. The quantitative estimate of drug-likeness (QED) is 0.428. The van der Waals surface area contributed by atoms with Crippen LogP contribution in [0.3, 0.4) is 0 Å². The van der Waals surface area contributed by atoms with Gasteiger partial charge < -0.3 is 0 Å². The lowest BCUT2D eigenvalue weighted by Crippen LogP contribution is -1.61. The Balaban J connectivity index is 3.15. The fraction of sp³-hybridized carbons (Fsp3) is 0.333. The van der Waals surface area contributed by atoms with Crippen LogP contribution in [0, 0.1) is 0 Å². The summed E-state index contributed by atoms with van der Waals surface area (Å²) >= 11 is 10.6. The lowest BCUT2D eigenvalue weighted by molar-refractivity contribution is 1.06. The van der Waals surface area contributed by atoms with Gasteiger partial charge in [0.15, 0.2) is 0 Å². The number of hydrogen-bond donors (Lipinski definition) is 0. The Labute approximate surface area is 59.8 Å². The van der Waals surface area contributed by atoms with E-state index < -0.39 is 0 Å². The first-order chi connectivity index (χ1) is 3.77. The summed E-state index contributed by atoms with van der Waals surface area (Å²) in [5.74, 6) is 0. The molecule has 0 aromatic heterocycles. The van der Waals surface area contributed by atoms with E-state index in [-0.39, 0.29) is 0 Å². The number of allylic oxidation sites excluding steroid dienone is 2. The first-order valence-corrected chi connectivity index (χ1v) is 3.15. The van der Waals surface area contributed by atoms with E-state index in [0.717, 1.165) is 12.8 Å². The molecule has 0 fully saturated rings. The van der Waals surface area contributed by atoms with Crippen LogP contribution in [-0.2, 0) is 0 Å². The fourth-order valence-electron chi connectivity index (χ4n) is 0.310. The maximum Gasteiger partial charge on any atom is 0.102 e. The van der Waals surface area contributed by atoms with E-state index >= 15 is 0 Å². The van der Waals surface area contributed by atoms with Crippen molar-refractivity contribution in [3.05, 3.63) is 23.2 Å². The molecule has 2 heteroatoms. The van der Waals surface area contributed by atoms with E-state index in [1.165, 1.54) is 0 Å². The van der Waals surface area contributed by atoms with Gasteiger partial charge in [-0.1, -0.05) is 35.4 Å². The number of unbranched alkanes of at least 4 members (excludes halogenated alkanes) is 1. The molecule has 0 atom stereocenters. The minimum Gasteiger partial charge on any atom is -0.103 e. The minimum atomic E-state index is 0.340. The van der Waals surface area contributed by atoms with Crippen LogP contribution in [0.25, 0.3) is 0 Å². The maximum absolute atomic E-state index is 5.31. The van der Waals surface area contributed by atoms with Gasteiger partial charge in [0.05, 0.1) is 0 Å². The molecule has 0 radical (unpaired) electrons. The van der Waals surface area contributed by atoms with E-state index in [0.29, 0.717) is 4.49 Å². The van der Waals surface area contributed by atoms with Gasteiger partial charge in [0, 0.05) is 0 Å². The third kappa shape index (κ3) is 6.06. The first-order valence-electron chi connectivity index (χ1n) is 2.39. The van der Waals surface area contributed by atoms with Crippen LogP contribution in [0.5, 0.6) is 0 Å². The predicted octanol–water partition coefficient (Wildman–Crippen LogP) is 3.27. The average molecular weight is 151 g/mol. The molecule has 0 saturated carbocycles. The maximum atomic E-state index is 5.31. The topological polar surface area (TPSA) is 0 Å². The molecule has 0 bridgehead atoms. The summed E-state index contributed by atoms with van der Waals surface area (Å²) in [5.41, 5.74) is 0. The molecule has 0 aromatic rings. The highest BCUT2D eigenvalue weighted by Crippen LogP contribution is 2.08. The lowest BCUT2D eigenvalue weighted by atomic mass is 10.3. The van der Waals surface area contributed by atoms with Crippen LogP contribution in [0.1, 0.15) is 12.8 Å². The number of rotatable bonds is 3. The smallest absolute Gasteiger partial charge is 0.102 e. The Hall–Kier alpha value is 0.0600. The summed E-state index contributed by atoms with van der Waals surface area (Å²) in [6.07, 6.45) is 5.40. The molecule has 0 amide bonds. The zero-order chi connectivity index (χ0) is 6.41. The summed E-state index contributed by atoms with van der Waals surface area (Å²) < 4.78 is 0.340. The third-order valence-electron chi connectivity index (χ3n) is 0.669. The van der Waals surface area contributed by atoms with Gasteiger partial charge in [-0.05, 0) is 12.8 Å². The summed E-state index contributed by atoms with van der Waals surface area (Å²) in [6.45, 7) is 3.54. The summed E-state index contributed by atoms with van der Waals surface area (Å²) in [5, 5.41) is 0. The normalized spacial score (nSPS) is 8.25. The monoisotopic (exact) mass is 150 g/mol. The number of hydrogen-bond acceptors (Lipinski definition) is 0. The Bertz CT molecular complexity index is 90.7. The van der Waals surface area contributed by atoms with Gasteiger partial charge in [-0.15, -0.1) is 6.58 Å². The molecular weight excluding hydrogens is 143 g/mol. The van der Waals surface area contributed by atoms with Crippen LogP contribution in [-0.4, -0.2) is 0 Å². The van der Waals surface area contributed by atoms with Crippen LogP contribution in [0.15, 0.2) is 23.2 Å². The van der Waals surface area contributed by atoms with Crippen molar-refractivity contribution in [1.82, 2.24) is 0 Å². The molecule has 0 aliphatic carbocycles. The molecule has 0 nitrogen and oxygen atoms in total. The molecule has 8 heavy (non-hydrogen) atoms. The van der Waals surface area contributed by atoms with Crippen molar-refractivity contribution in [2.24, 2.45) is 0 Å². The molecule has 0 saturated heterocycles. The van der Waals surface area contributed by atoms with Crippen molar-refractivity contribution in [2.75, 3.05) is 0 Å². The van der Waals surface area contributed by atoms with Gasteiger partial charge in [0.1, 0.15) is 4.49 Å². The van der Waals surface area contributed by atoms with Crippen LogP contribution >= 0.6 is 23.2 Å². The zero-order valence-electron chi connectivity index (χ0n) is 4.53. The molecule has 0 aromatic carbocycles. The zero-order valence-corrected chi connectivity index (χ0v) is 6.04. The summed E-state index contributed by atoms with van der Waals surface area (Å²) in [4.78, 5) is 0. The highest BCUT2D eigenvalue weighted by molar-refractivity contribution is 6.55. The predicted molar refractivity (Wildman–Crippen MR) is 39.2 cm³/mol. The molecule has 0 rings (SSSR count). The summed E-state index contributed by atoms with van der Waals surface area (Å²) in [7, 11) is 0. The molecule has 0 unspecified atom stereocenters. The van der Waals surface area contributed by atoms with Gasteiger partial charge in [0.25, 0.3) is 0 Å². The van der Waals surface area contributed by atoms with Gasteiger partial charge in [0.2, 0.25) is 0 Å². The largest absolute Gasteiger partial charge is 0.103 e. The summed E-state index contributed by atoms with van der Waals surface area (Å²) in [6, 6.07) is 0. The average Bonchev–Trinajstić information content (AvgIpc) is 1.66. The fourth-order valence-corrected chi connectivity index (χ4v) is 0.529. The third-order valence-corrected chi connectivity index (χ3v) is 0.978. The van der Waals surface area contributed by atoms with Crippen LogP contribution in [0.2, 0.25) is 0 Å². The SMILES string of the molecule is C=CCCC=C(Cl)Cl. The van der Waals surface area contributed by atoms with Crippen molar-refractivity contribution in [3.63, 3.8) is 0 Å². The molecule has 0 heterocycles. The number of halogens is 2. The van der Waals surface area contributed by atoms with Gasteiger partial charge in [-0.2, -0.15) is 0 Å². The second-order valence-corrected chi connectivity index (χ2v) is 2.37. The first kappa shape index (κ1) is 8.06. The van der Waals surface area contributed by atoms with Crippen molar-refractivity contribution >= 4 is 23.2 Å². The van der Waals surface area contributed by atoms with Gasteiger partial charge >= 0.3 is 0 Å². The highest BCUT2D eigenvalue weighted by atomic mass is 35.5. The standard InChI is InChI=1S/C6H8Cl2/c1-2-3-4-5-6(7)8/h2,5H,1,3-4H2. The van der Waals surface area contributed by atoms with E-state index in [9.17, 15) is 0 Å². The van der Waals surface area contributed by atoms with Crippen molar-refractivity contribution < 1.29 is 0 Å². The van der Waals surface area contributed by atoms with Crippen LogP contribution < -0.4 is 0 Å². The molecule has 0 N–H and O–H groups in total. The molecule has 0 spiro atoms. The Morgan fingerprint density at radius 2 is 2.00 bits per heavy atom. The second kappa shape index (κ2) is 5.20. The van der Waals surface area contributed by atoms with E-state index in [2.05, 4.69) is 6.58 Å². The van der Waals surface area contributed by atoms with Crippen molar-refractivity contribution in [3.8, 4) is 0 Å². The Morgan fingerprint density at radius 3 is 2.38 bits per heavy atom. The van der Waals surface area contributed by atoms with Gasteiger partial charge in [-0.3, -0.25) is 0 Å². The van der Waals surface area contributed by atoms with Gasteiger partial charge in [-0.25, -0.2) is 0 Å². The minimum absolute atomic E-state index is 0.340. The van der Waals surface area contributed by atoms with Crippen LogP contribution in [0.4, 0.5) is 0 Å². The molecule has 0 aliphatic rings. The second-order valence-electron chi connectivity index (χ2n) is 1.36. The Kier molecular flexibility index (Phi) is 5.24. The lowest BCUT2D eigenvalue weighted by Gasteiger charge is -1.82. The van der Waals surface area contributed by atoms with E-state index in [1.54, 1.807) is 6.08 Å². The van der Waals surface area contributed by atoms with Crippen molar-refractivity contribution in [1.29, 1.82) is 0 Å². The van der Waals surface area contributed by atoms with Crippen molar-refractivity contribution in [2.45, 2.75) is 12.8 Å². The van der Waals surface area contributed by atoms with E-state index in [4.69, 9.17) is 23.2 Å². The molecule has 0 aliphatic heterocycles. The molecular formula is C6H8Cl2. The molecule has 46 valence electrons.